The summed E-state index contributed by atoms with van der Waals surface area (Å²) < 4.78 is 56.6. The van der Waals surface area contributed by atoms with Crippen molar-refractivity contribution in [2.24, 2.45) is 0 Å². The van der Waals surface area contributed by atoms with Crippen molar-refractivity contribution in [3.05, 3.63) is 85.3 Å². The topological polar surface area (TPSA) is 111 Å². The van der Waals surface area contributed by atoms with Crippen LogP contribution >= 0.6 is 22.6 Å². The van der Waals surface area contributed by atoms with Gasteiger partial charge in [-0.2, -0.15) is 18.4 Å². The molecule has 0 radical (unpaired) electrons. The maximum Gasteiger partial charge on any atom is 0.416 e. The molecule has 1 aromatic heterocycles. The molecule has 0 N–H and O–H groups in total. The highest BCUT2D eigenvalue weighted by atomic mass is 127. The molecule has 37 heavy (non-hydrogen) atoms. The molecule has 0 spiro atoms. The van der Waals surface area contributed by atoms with E-state index in [1.165, 1.54) is 12.1 Å². The molecule has 4 rings (SSSR count). The Morgan fingerprint density at radius 2 is 1.97 bits per heavy atom. The molecular formula is C25H15F3IN3O5. The number of nitro benzene ring substituents is 1. The third kappa shape index (κ3) is 5.67. The van der Waals surface area contributed by atoms with Crippen molar-refractivity contribution in [3.63, 3.8) is 0 Å². The molecule has 0 bridgehead atoms. The standard InChI is InChI=1S/C25H15F3IN3O5/c1-2-35-22-11-14(9-15(13-30)24-31-18-5-3-4-6-20(18)37-24)10-17(29)23(22)36-21-8-7-16(25(26,27)28)12-19(21)32(33)34/h3-12H,2H2,1H3/b15-9+. The quantitative estimate of drug-likeness (QED) is 0.0904. The summed E-state index contributed by atoms with van der Waals surface area (Å²) in [5.41, 5.74) is -0.257. The zero-order chi connectivity index (χ0) is 26.7. The molecule has 0 aliphatic carbocycles. The Hall–Kier alpha value is -4.12. The molecule has 4 aromatic rings. The Balaban J connectivity index is 1.75. The first-order chi connectivity index (χ1) is 17.6. The van der Waals surface area contributed by atoms with E-state index >= 15 is 0 Å². The van der Waals surface area contributed by atoms with Crippen LogP contribution in [0.3, 0.4) is 0 Å². The second kappa shape index (κ2) is 10.5. The van der Waals surface area contributed by atoms with Gasteiger partial charge in [-0.25, -0.2) is 4.98 Å². The Bertz CT molecular complexity index is 1540. The number of hydrogen-bond donors (Lipinski definition) is 0. The number of para-hydroxylation sites is 2. The summed E-state index contributed by atoms with van der Waals surface area (Å²) in [5, 5.41) is 21.2. The molecule has 188 valence electrons. The van der Waals surface area contributed by atoms with Gasteiger partial charge in [-0.1, -0.05) is 12.1 Å². The number of nitrogens with zero attached hydrogens (tertiary/aromatic N) is 3. The Morgan fingerprint density at radius 3 is 2.62 bits per heavy atom. The van der Waals surface area contributed by atoms with E-state index in [0.29, 0.717) is 32.4 Å². The van der Waals surface area contributed by atoms with Gasteiger partial charge < -0.3 is 13.9 Å². The lowest BCUT2D eigenvalue weighted by atomic mass is 10.1. The molecule has 0 atom stereocenters. The van der Waals surface area contributed by atoms with Gasteiger partial charge in [-0.3, -0.25) is 10.1 Å². The number of nitriles is 1. The minimum absolute atomic E-state index is 0.0721. The lowest BCUT2D eigenvalue weighted by Gasteiger charge is -2.15. The Labute approximate surface area is 221 Å². The number of rotatable bonds is 7. The number of fused-ring (bicyclic) bond motifs is 1. The first-order valence-corrected chi connectivity index (χ1v) is 11.7. The minimum Gasteiger partial charge on any atom is -0.490 e. The van der Waals surface area contributed by atoms with E-state index in [9.17, 15) is 28.5 Å². The summed E-state index contributed by atoms with van der Waals surface area (Å²) in [6.07, 6.45) is -3.23. The monoisotopic (exact) mass is 621 g/mol. The molecule has 0 amide bonds. The fourth-order valence-corrected chi connectivity index (χ4v) is 4.10. The van der Waals surface area contributed by atoms with E-state index in [4.69, 9.17) is 13.9 Å². The smallest absolute Gasteiger partial charge is 0.416 e. The van der Waals surface area contributed by atoms with Gasteiger partial charge >= 0.3 is 11.9 Å². The predicted molar refractivity (Wildman–Crippen MR) is 136 cm³/mol. The van der Waals surface area contributed by atoms with Crippen LogP contribution in [0.5, 0.6) is 17.2 Å². The first kappa shape index (κ1) is 26.0. The van der Waals surface area contributed by atoms with Crippen LogP contribution in [0.4, 0.5) is 18.9 Å². The summed E-state index contributed by atoms with van der Waals surface area (Å²) in [5.74, 6) is -0.0192. The van der Waals surface area contributed by atoms with E-state index in [1.54, 1.807) is 37.3 Å². The zero-order valence-corrected chi connectivity index (χ0v) is 21.0. The fraction of sp³-hybridized carbons (Fsp3) is 0.120. The Morgan fingerprint density at radius 1 is 1.22 bits per heavy atom. The molecule has 0 aliphatic rings. The lowest BCUT2D eigenvalue weighted by Crippen LogP contribution is -2.06. The van der Waals surface area contributed by atoms with Crippen molar-refractivity contribution in [1.82, 2.24) is 4.98 Å². The van der Waals surface area contributed by atoms with Crippen molar-refractivity contribution >= 4 is 51.0 Å². The van der Waals surface area contributed by atoms with E-state index in [2.05, 4.69) is 11.1 Å². The molecule has 8 nitrogen and oxygen atoms in total. The molecule has 0 saturated carbocycles. The second-order valence-corrected chi connectivity index (χ2v) is 8.62. The normalized spacial score (nSPS) is 11.8. The highest BCUT2D eigenvalue weighted by Crippen LogP contribution is 2.43. The zero-order valence-electron chi connectivity index (χ0n) is 18.9. The fourth-order valence-electron chi connectivity index (χ4n) is 3.36. The summed E-state index contributed by atoms with van der Waals surface area (Å²) >= 11 is 1.91. The van der Waals surface area contributed by atoms with Gasteiger partial charge in [0.1, 0.15) is 17.2 Å². The van der Waals surface area contributed by atoms with Crippen LogP contribution in [0, 0.1) is 25.0 Å². The number of allylic oxidation sites excluding steroid dienone is 1. The van der Waals surface area contributed by atoms with Crippen LogP contribution in [0.2, 0.25) is 0 Å². The van der Waals surface area contributed by atoms with E-state index in [-0.39, 0.29) is 35.3 Å². The van der Waals surface area contributed by atoms with Crippen molar-refractivity contribution in [2.75, 3.05) is 6.61 Å². The molecule has 1 heterocycles. The number of ether oxygens (including phenoxy) is 2. The summed E-state index contributed by atoms with van der Waals surface area (Å²) in [6, 6.07) is 14.3. The predicted octanol–water partition coefficient (Wildman–Crippen LogP) is 7.61. The van der Waals surface area contributed by atoms with Gasteiger partial charge in [0.2, 0.25) is 11.6 Å². The largest absolute Gasteiger partial charge is 0.490 e. The van der Waals surface area contributed by atoms with Crippen molar-refractivity contribution < 1.29 is 32.0 Å². The summed E-state index contributed by atoms with van der Waals surface area (Å²) in [4.78, 5) is 14.8. The summed E-state index contributed by atoms with van der Waals surface area (Å²) in [6.45, 7) is 1.91. The van der Waals surface area contributed by atoms with Crippen LogP contribution in [-0.4, -0.2) is 16.5 Å². The maximum atomic E-state index is 13.1. The number of alkyl halides is 3. The molecule has 0 fully saturated rings. The third-order valence-electron chi connectivity index (χ3n) is 4.98. The van der Waals surface area contributed by atoms with Crippen LogP contribution in [0.15, 0.2) is 59.0 Å². The number of benzene rings is 3. The SMILES string of the molecule is CCOc1cc(/C=C(\C#N)c2nc3ccccc3o2)cc(I)c1Oc1ccc(C(F)(F)F)cc1[N+](=O)[O-]. The first-order valence-electron chi connectivity index (χ1n) is 10.6. The van der Waals surface area contributed by atoms with Gasteiger partial charge in [0.05, 0.1) is 20.7 Å². The number of hydrogen-bond acceptors (Lipinski definition) is 7. The lowest BCUT2D eigenvalue weighted by molar-refractivity contribution is -0.385. The van der Waals surface area contributed by atoms with Gasteiger partial charge in [0.15, 0.2) is 17.1 Å². The van der Waals surface area contributed by atoms with Crippen molar-refractivity contribution in [3.8, 4) is 23.3 Å². The average Bonchev–Trinajstić information content (AvgIpc) is 3.28. The van der Waals surface area contributed by atoms with Crippen LogP contribution in [0.1, 0.15) is 23.9 Å². The second-order valence-electron chi connectivity index (χ2n) is 7.46. The van der Waals surface area contributed by atoms with Crippen LogP contribution < -0.4 is 9.47 Å². The molecule has 0 unspecified atom stereocenters. The Kier molecular flexibility index (Phi) is 7.35. The van der Waals surface area contributed by atoms with Gasteiger partial charge in [0.25, 0.3) is 0 Å². The van der Waals surface area contributed by atoms with Crippen LogP contribution in [0.25, 0.3) is 22.7 Å². The number of aromatic nitrogens is 1. The highest BCUT2D eigenvalue weighted by Gasteiger charge is 2.33. The molecule has 0 aliphatic heterocycles. The highest BCUT2D eigenvalue weighted by molar-refractivity contribution is 14.1. The molecule has 0 saturated heterocycles. The van der Waals surface area contributed by atoms with Crippen molar-refractivity contribution in [2.45, 2.75) is 13.1 Å². The van der Waals surface area contributed by atoms with Gasteiger partial charge in [-0.15, -0.1) is 0 Å². The number of nitro groups is 1. The van der Waals surface area contributed by atoms with Gasteiger partial charge in [-0.05, 0) is 77.6 Å². The van der Waals surface area contributed by atoms with Crippen LogP contribution in [-0.2, 0) is 6.18 Å². The van der Waals surface area contributed by atoms with E-state index < -0.39 is 22.4 Å². The molecule has 12 heteroatoms. The number of halogens is 4. The summed E-state index contributed by atoms with van der Waals surface area (Å²) in [7, 11) is 0. The third-order valence-corrected chi connectivity index (χ3v) is 5.78. The van der Waals surface area contributed by atoms with Gasteiger partial charge in [0, 0.05) is 6.07 Å². The maximum absolute atomic E-state index is 13.1. The van der Waals surface area contributed by atoms with E-state index in [0.717, 1.165) is 6.07 Å². The number of oxazole rings is 1. The average molecular weight is 621 g/mol. The van der Waals surface area contributed by atoms with Crippen molar-refractivity contribution in [1.29, 1.82) is 5.26 Å². The van der Waals surface area contributed by atoms with E-state index in [1.807, 2.05) is 22.6 Å². The molecular weight excluding hydrogens is 606 g/mol. The minimum atomic E-state index is -4.75. The molecule has 3 aromatic carbocycles.